The summed E-state index contributed by atoms with van der Waals surface area (Å²) in [6, 6.07) is 12.1. The van der Waals surface area contributed by atoms with E-state index in [1.54, 1.807) is 24.3 Å². The largest absolute Gasteiger partial charge is 0.351 e. The van der Waals surface area contributed by atoms with Gasteiger partial charge in [0, 0.05) is 0 Å². The zero-order valence-corrected chi connectivity index (χ0v) is 10.1. The van der Waals surface area contributed by atoms with E-state index in [9.17, 15) is 9.18 Å². The van der Waals surface area contributed by atoms with Crippen molar-refractivity contribution in [3.05, 3.63) is 59.4 Å². The zero-order chi connectivity index (χ0) is 13.1. The molecule has 0 radical (unpaired) electrons. The highest BCUT2D eigenvalue weighted by Crippen LogP contribution is 2.27. The number of hydrogen-bond acceptors (Lipinski definition) is 1. The van der Waals surface area contributed by atoms with Gasteiger partial charge >= 0.3 is 6.03 Å². The molecule has 0 saturated carbocycles. The molecule has 0 aliphatic carbocycles. The predicted octanol–water partition coefficient (Wildman–Crippen LogP) is 3.70. The fourth-order valence-electron chi connectivity index (χ4n) is 1.60. The topological polar surface area (TPSA) is 46.3 Å². The molecule has 0 atom stereocenters. The molecule has 2 rings (SSSR count). The van der Waals surface area contributed by atoms with Crippen molar-refractivity contribution in [3.8, 4) is 0 Å². The van der Waals surface area contributed by atoms with E-state index in [0.29, 0.717) is 11.4 Å². The van der Waals surface area contributed by atoms with Gasteiger partial charge in [-0.15, -0.1) is 0 Å². The lowest BCUT2D eigenvalue weighted by Crippen LogP contribution is -2.31. The lowest BCUT2D eigenvalue weighted by Gasteiger charge is -2.20. The molecule has 3 nitrogen and oxygen atoms in total. The number of halogens is 2. The lowest BCUT2D eigenvalue weighted by molar-refractivity contribution is 0.256. The molecule has 0 heterocycles. The van der Waals surface area contributed by atoms with Crippen molar-refractivity contribution >= 4 is 29.0 Å². The second-order valence-corrected chi connectivity index (χ2v) is 4.01. The summed E-state index contributed by atoms with van der Waals surface area (Å²) >= 11 is 5.60. The van der Waals surface area contributed by atoms with Crippen LogP contribution in [0, 0.1) is 5.82 Å². The Kier molecular flexibility index (Phi) is 3.48. The molecule has 0 aliphatic rings. The molecule has 0 fully saturated rings. The highest BCUT2D eigenvalue weighted by molar-refractivity contribution is 6.30. The van der Waals surface area contributed by atoms with Gasteiger partial charge in [-0.2, -0.15) is 0 Å². The number of hydrogen-bond donors (Lipinski definition) is 1. The van der Waals surface area contributed by atoms with Crippen molar-refractivity contribution in [2.75, 3.05) is 4.90 Å². The third-order valence-corrected chi connectivity index (χ3v) is 2.70. The molecular weight excluding hydrogens is 255 g/mol. The summed E-state index contributed by atoms with van der Waals surface area (Å²) in [5, 5.41) is -0.00349. The first-order valence-electron chi connectivity index (χ1n) is 5.19. The van der Waals surface area contributed by atoms with Crippen molar-refractivity contribution in [2.45, 2.75) is 0 Å². The van der Waals surface area contributed by atoms with Crippen LogP contribution in [-0.2, 0) is 0 Å². The Morgan fingerprint density at radius 3 is 2.33 bits per heavy atom. The number of anilines is 2. The highest BCUT2D eigenvalue weighted by atomic mass is 35.5. The molecule has 0 bridgehead atoms. The van der Waals surface area contributed by atoms with Crippen LogP contribution in [0.2, 0.25) is 5.02 Å². The van der Waals surface area contributed by atoms with E-state index < -0.39 is 11.8 Å². The van der Waals surface area contributed by atoms with Gasteiger partial charge in [-0.3, -0.25) is 4.90 Å². The minimum atomic E-state index is -0.692. The number of amides is 2. The van der Waals surface area contributed by atoms with Crippen LogP contribution in [0.1, 0.15) is 0 Å². The minimum absolute atomic E-state index is 0.00349. The van der Waals surface area contributed by atoms with Gasteiger partial charge < -0.3 is 5.73 Å². The number of nitrogens with zero attached hydrogens (tertiary/aromatic N) is 1. The molecule has 2 amide bonds. The highest BCUT2D eigenvalue weighted by Gasteiger charge is 2.15. The molecule has 0 aromatic heterocycles. The van der Waals surface area contributed by atoms with Crippen molar-refractivity contribution in [1.29, 1.82) is 0 Å². The Labute approximate surface area is 109 Å². The molecule has 2 aromatic carbocycles. The number of nitrogens with two attached hydrogens (primary N) is 1. The van der Waals surface area contributed by atoms with Crippen LogP contribution in [0.5, 0.6) is 0 Å². The van der Waals surface area contributed by atoms with Crippen LogP contribution < -0.4 is 10.6 Å². The van der Waals surface area contributed by atoms with E-state index in [1.165, 1.54) is 23.1 Å². The number of benzene rings is 2. The predicted molar refractivity (Wildman–Crippen MR) is 69.6 cm³/mol. The molecule has 2 aromatic rings. The van der Waals surface area contributed by atoms with Gasteiger partial charge in [0.1, 0.15) is 5.82 Å². The molecule has 2 N–H and O–H groups in total. The molecule has 5 heteroatoms. The van der Waals surface area contributed by atoms with Gasteiger partial charge in [-0.05, 0) is 30.3 Å². The first kappa shape index (κ1) is 12.4. The van der Waals surface area contributed by atoms with E-state index in [2.05, 4.69) is 0 Å². The number of rotatable bonds is 2. The summed E-state index contributed by atoms with van der Waals surface area (Å²) < 4.78 is 13.4. The van der Waals surface area contributed by atoms with Crippen molar-refractivity contribution in [3.63, 3.8) is 0 Å². The second kappa shape index (κ2) is 5.06. The van der Waals surface area contributed by atoms with E-state index in [4.69, 9.17) is 17.3 Å². The number of carbonyl (C=O) groups excluding carboxylic acids is 1. The fraction of sp³-hybridized carbons (Fsp3) is 0. The van der Waals surface area contributed by atoms with Gasteiger partial charge in [0.2, 0.25) is 0 Å². The normalized spacial score (nSPS) is 10.1. The van der Waals surface area contributed by atoms with Crippen LogP contribution in [0.3, 0.4) is 0 Å². The van der Waals surface area contributed by atoms with Gasteiger partial charge in [-0.25, -0.2) is 9.18 Å². The Morgan fingerprint density at radius 2 is 1.78 bits per heavy atom. The minimum Gasteiger partial charge on any atom is -0.351 e. The molecule has 92 valence electrons. The molecule has 18 heavy (non-hydrogen) atoms. The number of para-hydroxylation sites is 1. The molecule has 0 spiro atoms. The van der Waals surface area contributed by atoms with E-state index in [1.807, 2.05) is 6.07 Å². The molecule has 0 aliphatic heterocycles. The van der Waals surface area contributed by atoms with Gasteiger partial charge in [-0.1, -0.05) is 29.8 Å². The number of primary amides is 1. The maximum atomic E-state index is 13.4. The summed E-state index contributed by atoms with van der Waals surface area (Å²) in [5.41, 5.74) is 6.21. The Balaban J connectivity index is 2.49. The molecule has 0 unspecified atom stereocenters. The zero-order valence-electron chi connectivity index (χ0n) is 9.31. The fourth-order valence-corrected chi connectivity index (χ4v) is 1.72. The van der Waals surface area contributed by atoms with Crippen LogP contribution in [-0.4, -0.2) is 6.03 Å². The standard InChI is InChI=1S/C13H10ClFN2O/c14-11-7-6-10(8-12(11)15)17(13(16)18)9-4-2-1-3-5-9/h1-8H,(H2,16,18). The summed E-state index contributed by atoms with van der Waals surface area (Å²) in [7, 11) is 0. The SMILES string of the molecule is NC(=O)N(c1ccccc1)c1ccc(Cl)c(F)c1. The van der Waals surface area contributed by atoms with Crippen LogP contribution >= 0.6 is 11.6 Å². The smallest absolute Gasteiger partial charge is 0.323 e. The second-order valence-electron chi connectivity index (χ2n) is 3.61. The van der Waals surface area contributed by atoms with Crippen LogP contribution in [0.4, 0.5) is 20.6 Å². The van der Waals surface area contributed by atoms with Gasteiger partial charge in [0.15, 0.2) is 0 Å². The number of urea groups is 1. The maximum absolute atomic E-state index is 13.4. The molecule has 0 saturated heterocycles. The summed E-state index contributed by atoms with van der Waals surface area (Å²) in [6.45, 7) is 0. The Hall–Kier alpha value is -2.07. The molecular formula is C13H10ClFN2O. The van der Waals surface area contributed by atoms with Gasteiger partial charge in [0.25, 0.3) is 0 Å². The Morgan fingerprint density at radius 1 is 1.11 bits per heavy atom. The van der Waals surface area contributed by atoms with Crippen molar-refractivity contribution in [1.82, 2.24) is 0 Å². The van der Waals surface area contributed by atoms with Crippen molar-refractivity contribution < 1.29 is 9.18 Å². The lowest BCUT2D eigenvalue weighted by atomic mass is 10.2. The third kappa shape index (κ3) is 2.43. The first-order chi connectivity index (χ1) is 8.59. The summed E-state index contributed by atoms with van der Waals surface area (Å²) in [4.78, 5) is 12.7. The average molecular weight is 265 g/mol. The van der Waals surface area contributed by atoms with Crippen LogP contribution in [0.25, 0.3) is 0 Å². The Bertz CT molecular complexity index is 574. The van der Waals surface area contributed by atoms with Gasteiger partial charge in [0.05, 0.1) is 16.4 Å². The van der Waals surface area contributed by atoms with Crippen LogP contribution in [0.15, 0.2) is 48.5 Å². The third-order valence-electron chi connectivity index (χ3n) is 2.40. The first-order valence-corrected chi connectivity index (χ1v) is 5.57. The van der Waals surface area contributed by atoms with E-state index >= 15 is 0 Å². The van der Waals surface area contributed by atoms with Crippen molar-refractivity contribution in [2.24, 2.45) is 5.73 Å². The summed E-state index contributed by atoms with van der Waals surface area (Å²) in [6.07, 6.45) is 0. The monoisotopic (exact) mass is 264 g/mol. The quantitative estimate of drug-likeness (QED) is 0.883. The number of carbonyl (C=O) groups is 1. The van der Waals surface area contributed by atoms with E-state index in [0.717, 1.165) is 0 Å². The van der Waals surface area contributed by atoms with E-state index in [-0.39, 0.29) is 5.02 Å². The maximum Gasteiger partial charge on any atom is 0.323 e. The average Bonchev–Trinajstić information content (AvgIpc) is 2.35. The summed E-state index contributed by atoms with van der Waals surface area (Å²) in [5.74, 6) is -0.601.